The molecule has 1 aromatic heterocycles. The second-order valence-electron chi connectivity index (χ2n) is 3.36. The minimum absolute atomic E-state index is 0.0375. The van der Waals surface area contributed by atoms with Crippen LogP contribution in [0.4, 0.5) is 0 Å². The largest absolute Gasteiger partial charge is 0.466 e. The molecule has 6 nitrogen and oxygen atoms in total. The SMILES string of the molecule is COC(=O)/C=C(/C(=O)OC)c1cccn1C(C)=O. The van der Waals surface area contributed by atoms with Crippen LogP contribution in [0.5, 0.6) is 0 Å². The number of ether oxygens (including phenoxy) is 2. The molecule has 0 N–H and O–H groups in total. The van der Waals surface area contributed by atoms with E-state index in [1.54, 1.807) is 6.07 Å². The third kappa shape index (κ3) is 2.85. The first-order valence-electron chi connectivity index (χ1n) is 5.08. The Kier molecular flexibility index (Phi) is 4.42. The molecule has 0 saturated carbocycles. The van der Waals surface area contributed by atoms with Gasteiger partial charge in [-0.2, -0.15) is 0 Å². The van der Waals surface area contributed by atoms with E-state index in [-0.39, 0.29) is 17.2 Å². The van der Waals surface area contributed by atoms with E-state index in [1.807, 2.05) is 0 Å². The molecule has 96 valence electrons. The van der Waals surface area contributed by atoms with Crippen molar-refractivity contribution >= 4 is 23.4 Å². The third-order valence-corrected chi connectivity index (χ3v) is 2.23. The molecular weight excluding hydrogens is 238 g/mol. The van der Waals surface area contributed by atoms with Gasteiger partial charge in [-0.1, -0.05) is 0 Å². The molecule has 0 fully saturated rings. The number of rotatable bonds is 3. The van der Waals surface area contributed by atoms with Gasteiger partial charge < -0.3 is 9.47 Å². The van der Waals surface area contributed by atoms with Crippen LogP contribution in [0.25, 0.3) is 5.57 Å². The Morgan fingerprint density at radius 3 is 2.39 bits per heavy atom. The fourth-order valence-electron chi connectivity index (χ4n) is 1.40. The predicted molar refractivity (Wildman–Crippen MR) is 62.7 cm³/mol. The highest BCUT2D eigenvalue weighted by Crippen LogP contribution is 2.17. The summed E-state index contributed by atoms with van der Waals surface area (Å²) < 4.78 is 10.3. The van der Waals surface area contributed by atoms with Crippen LogP contribution in [0, 0.1) is 0 Å². The maximum atomic E-state index is 11.6. The Bertz CT molecular complexity index is 512. The summed E-state index contributed by atoms with van der Waals surface area (Å²) in [4.78, 5) is 34.2. The average molecular weight is 251 g/mol. The smallest absolute Gasteiger partial charge is 0.340 e. The number of carbonyl (C=O) groups is 3. The number of hydrogen-bond donors (Lipinski definition) is 0. The zero-order chi connectivity index (χ0) is 13.7. The van der Waals surface area contributed by atoms with Crippen LogP contribution in [0.1, 0.15) is 17.4 Å². The van der Waals surface area contributed by atoms with E-state index >= 15 is 0 Å². The molecule has 0 spiro atoms. The summed E-state index contributed by atoms with van der Waals surface area (Å²) in [6.45, 7) is 1.34. The standard InChI is InChI=1S/C12H13NO5/c1-8(14)13-6-4-5-10(13)9(12(16)18-3)7-11(15)17-2/h4-7H,1-3H3/b9-7+. The number of hydrogen-bond acceptors (Lipinski definition) is 5. The Morgan fingerprint density at radius 2 is 1.89 bits per heavy atom. The zero-order valence-corrected chi connectivity index (χ0v) is 10.3. The first-order valence-corrected chi connectivity index (χ1v) is 5.08. The molecule has 6 heteroatoms. The lowest BCUT2D eigenvalue weighted by molar-refractivity contribution is -0.136. The van der Waals surface area contributed by atoms with Crippen LogP contribution < -0.4 is 0 Å². The van der Waals surface area contributed by atoms with Gasteiger partial charge in [-0.25, -0.2) is 9.59 Å². The summed E-state index contributed by atoms with van der Waals surface area (Å²) in [5.74, 6) is -1.71. The predicted octanol–water partition coefficient (Wildman–Crippen LogP) is 0.878. The van der Waals surface area contributed by atoms with Crippen molar-refractivity contribution in [1.29, 1.82) is 0 Å². The van der Waals surface area contributed by atoms with Gasteiger partial charge in [-0.3, -0.25) is 9.36 Å². The Balaban J connectivity index is 3.31. The number of aromatic nitrogens is 1. The van der Waals surface area contributed by atoms with Gasteiger partial charge in [0.25, 0.3) is 0 Å². The van der Waals surface area contributed by atoms with Crippen molar-refractivity contribution in [3.63, 3.8) is 0 Å². The second-order valence-corrected chi connectivity index (χ2v) is 3.36. The first kappa shape index (κ1) is 13.7. The molecule has 0 amide bonds. The van der Waals surface area contributed by atoms with Crippen molar-refractivity contribution in [3.8, 4) is 0 Å². The van der Waals surface area contributed by atoms with Crippen molar-refractivity contribution in [2.75, 3.05) is 14.2 Å². The van der Waals surface area contributed by atoms with Gasteiger partial charge in [0.1, 0.15) is 0 Å². The van der Waals surface area contributed by atoms with Crippen molar-refractivity contribution < 1.29 is 23.9 Å². The van der Waals surface area contributed by atoms with E-state index in [1.165, 1.54) is 38.0 Å². The van der Waals surface area contributed by atoms with E-state index in [0.29, 0.717) is 0 Å². The van der Waals surface area contributed by atoms with Gasteiger partial charge in [-0.15, -0.1) is 0 Å². The lowest BCUT2D eigenvalue weighted by atomic mass is 10.1. The molecule has 1 rings (SSSR count). The third-order valence-electron chi connectivity index (χ3n) is 2.23. The maximum Gasteiger partial charge on any atom is 0.340 e. The van der Waals surface area contributed by atoms with Crippen molar-refractivity contribution in [2.24, 2.45) is 0 Å². The maximum absolute atomic E-state index is 11.6. The lowest BCUT2D eigenvalue weighted by Crippen LogP contribution is -2.14. The molecule has 0 atom stereocenters. The summed E-state index contributed by atoms with van der Waals surface area (Å²) >= 11 is 0. The summed E-state index contributed by atoms with van der Waals surface area (Å²) in [5, 5.41) is 0. The van der Waals surface area contributed by atoms with Crippen LogP contribution in [0.15, 0.2) is 24.4 Å². The van der Waals surface area contributed by atoms with Crippen LogP contribution in [0.2, 0.25) is 0 Å². The van der Waals surface area contributed by atoms with Gasteiger partial charge >= 0.3 is 11.9 Å². The average Bonchev–Trinajstić information content (AvgIpc) is 2.83. The van der Waals surface area contributed by atoms with E-state index in [0.717, 1.165) is 6.08 Å². The van der Waals surface area contributed by atoms with E-state index in [2.05, 4.69) is 9.47 Å². The normalized spacial score (nSPS) is 10.9. The highest BCUT2D eigenvalue weighted by molar-refractivity contribution is 6.20. The number of methoxy groups -OCH3 is 2. The highest BCUT2D eigenvalue weighted by Gasteiger charge is 2.19. The fourth-order valence-corrected chi connectivity index (χ4v) is 1.40. The van der Waals surface area contributed by atoms with Crippen LogP contribution in [-0.2, 0) is 19.1 Å². The minimum Gasteiger partial charge on any atom is -0.466 e. The number of carbonyl (C=O) groups excluding carboxylic acids is 3. The van der Waals surface area contributed by atoms with Gasteiger partial charge in [0.05, 0.1) is 25.5 Å². The molecule has 0 aromatic carbocycles. The molecule has 0 aliphatic carbocycles. The van der Waals surface area contributed by atoms with Crippen molar-refractivity contribution in [2.45, 2.75) is 6.92 Å². The summed E-state index contributed by atoms with van der Waals surface area (Å²) in [7, 11) is 2.38. The minimum atomic E-state index is -0.721. The molecule has 0 aliphatic rings. The molecule has 18 heavy (non-hydrogen) atoms. The van der Waals surface area contributed by atoms with Gasteiger partial charge in [0.15, 0.2) is 0 Å². The molecule has 0 radical (unpaired) electrons. The molecule has 0 saturated heterocycles. The Morgan fingerprint density at radius 1 is 1.22 bits per heavy atom. The van der Waals surface area contributed by atoms with Gasteiger partial charge in [-0.05, 0) is 12.1 Å². The first-order chi connectivity index (χ1) is 8.51. The van der Waals surface area contributed by atoms with Gasteiger partial charge in [0, 0.05) is 19.2 Å². The van der Waals surface area contributed by atoms with Crippen molar-refractivity contribution in [3.05, 3.63) is 30.1 Å². The second kappa shape index (κ2) is 5.81. The monoisotopic (exact) mass is 251 g/mol. The van der Waals surface area contributed by atoms with Crippen LogP contribution in [-0.4, -0.2) is 36.6 Å². The van der Waals surface area contributed by atoms with E-state index in [4.69, 9.17) is 0 Å². The Hall–Kier alpha value is -2.37. The molecule has 1 aromatic rings. The Labute approximate surface area is 104 Å². The quantitative estimate of drug-likeness (QED) is 0.588. The molecule has 0 bridgehead atoms. The fraction of sp³-hybridized carbons (Fsp3) is 0.250. The summed E-state index contributed by atoms with van der Waals surface area (Å²) in [6, 6.07) is 3.12. The number of esters is 2. The van der Waals surface area contributed by atoms with Crippen LogP contribution in [0.3, 0.4) is 0 Å². The topological polar surface area (TPSA) is 74.6 Å². The molecular formula is C12H13NO5. The summed E-state index contributed by atoms with van der Waals surface area (Å²) in [6.07, 6.45) is 2.48. The van der Waals surface area contributed by atoms with Gasteiger partial charge in [0.2, 0.25) is 5.91 Å². The lowest BCUT2D eigenvalue weighted by Gasteiger charge is -2.07. The van der Waals surface area contributed by atoms with E-state index < -0.39 is 11.9 Å². The van der Waals surface area contributed by atoms with Crippen LogP contribution >= 0.6 is 0 Å². The van der Waals surface area contributed by atoms with E-state index in [9.17, 15) is 14.4 Å². The molecule has 0 unspecified atom stereocenters. The molecule has 1 heterocycles. The summed E-state index contributed by atoms with van der Waals surface area (Å²) in [5.41, 5.74) is 0.240. The van der Waals surface area contributed by atoms with Crippen molar-refractivity contribution in [1.82, 2.24) is 4.57 Å². The highest BCUT2D eigenvalue weighted by atomic mass is 16.5. The molecule has 0 aliphatic heterocycles. The number of nitrogens with zero attached hydrogens (tertiary/aromatic N) is 1. The zero-order valence-electron chi connectivity index (χ0n) is 10.3.